The molecule has 10 nitrogen and oxygen atoms in total. The van der Waals surface area contributed by atoms with E-state index in [0.717, 1.165) is 24.8 Å². The third-order valence-corrected chi connectivity index (χ3v) is 10.7. The standard InChI is InChI=1S/C34H45NO9S/c1-40-28-12-13-32-27(21-28)24-41-17-9-4-2-3-8-16-35(45(32,38)39)23-30(36)26(20-25-10-6-5-7-11-25)22-33(37)44-31-15-19-43-34-29(31)14-18-42-34/h4-7,9-13,21,26,29-31,34,36H,2-3,8,14-20,22-24H2,1H3/b9-4+/t26-,29+,30-,31+,34-/m1/s1. The van der Waals surface area contributed by atoms with E-state index in [-0.39, 0.29) is 49.3 Å². The van der Waals surface area contributed by atoms with Crippen molar-refractivity contribution in [3.63, 3.8) is 0 Å². The Labute approximate surface area is 266 Å². The second kappa shape index (κ2) is 16.2. The number of rotatable bonds is 9. The highest BCUT2D eigenvalue weighted by Crippen LogP contribution is 2.33. The molecule has 2 aromatic carbocycles. The minimum atomic E-state index is -4.04. The van der Waals surface area contributed by atoms with E-state index < -0.39 is 28.0 Å². The Balaban J connectivity index is 1.37. The molecule has 3 aliphatic heterocycles. The van der Waals surface area contributed by atoms with Crippen LogP contribution in [0.2, 0.25) is 0 Å². The molecular weight excluding hydrogens is 598 g/mol. The molecule has 11 heteroatoms. The van der Waals surface area contributed by atoms with Crippen molar-refractivity contribution in [1.82, 2.24) is 4.31 Å². The van der Waals surface area contributed by atoms with E-state index in [4.69, 9.17) is 23.7 Å². The van der Waals surface area contributed by atoms with Crippen LogP contribution in [0.5, 0.6) is 5.75 Å². The smallest absolute Gasteiger partial charge is 0.306 e. The van der Waals surface area contributed by atoms with Crippen molar-refractivity contribution in [2.45, 2.75) is 74.9 Å². The summed E-state index contributed by atoms with van der Waals surface area (Å²) in [5.74, 6) is -0.465. The van der Waals surface area contributed by atoms with Crippen LogP contribution in [0.1, 0.15) is 49.7 Å². The Bertz CT molecular complexity index is 1380. The number of carbonyl (C=O) groups is 1. The van der Waals surface area contributed by atoms with Gasteiger partial charge in [0, 0.05) is 36.9 Å². The number of fused-ring (bicyclic) bond motifs is 2. The van der Waals surface area contributed by atoms with E-state index in [2.05, 4.69) is 0 Å². The molecule has 0 aliphatic carbocycles. The van der Waals surface area contributed by atoms with Crippen LogP contribution in [0.25, 0.3) is 0 Å². The number of aliphatic hydroxyl groups is 1. The Kier molecular flexibility index (Phi) is 12.0. The van der Waals surface area contributed by atoms with E-state index >= 15 is 0 Å². The summed E-state index contributed by atoms with van der Waals surface area (Å²) < 4.78 is 58.2. The number of hydrogen-bond donors (Lipinski definition) is 1. The van der Waals surface area contributed by atoms with Gasteiger partial charge in [-0.1, -0.05) is 42.5 Å². The summed E-state index contributed by atoms with van der Waals surface area (Å²) in [4.78, 5) is 13.5. The lowest BCUT2D eigenvalue weighted by Crippen LogP contribution is -2.43. The average Bonchev–Trinajstić information content (AvgIpc) is 3.53. The predicted octanol–water partition coefficient (Wildman–Crippen LogP) is 4.25. The van der Waals surface area contributed by atoms with E-state index in [1.54, 1.807) is 12.1 Å². The first-order valence-corrected chi connectivity index (χ1v) is 17.3. The van der Waals surface area contributed by atoms with Crippen LogP contribution in [0.4, 0.5) is 0 Å². The number of nitrogens with zero attached hydrogens (tertiary/aromatic N) is 1. The van der Waals surface area contributed by atoms with Crippen LogP contribution < -0.4 is 4.74 Å². The van der Waals surface area contributed by atoms with Crippen molar-refractivity contribution in [2.24, 2.45) is 11.8 Å². The third kappa shape index (κ3) is 8.93. The summed E-state index contributed by atoms with van der Waals surface area (Å²) in [6.07, 6.45) is 6.09. The maximum Gasteiger partial charge on any atom is 0.306 e. The SMILES string of the molecule is COc1ccc2c(c1)COC/C=C/CCCCN(C[C@@H](O)[C@@H](CC(=O)O[C@H]1CCO[C@H]3OCC[C@H]31)Cc1ccccc1)S2(=O)=O. The molecule has 0 radical (unpaired) electrons. The molecule has 45 heavy (non-hydrogen) atoms. The number of ether oxygens (including phenoxy) is 5. The Morgan fingerprint density at radius 1 is 1.07 bits per heavy atom. The molecule has 0 unspecified atom stereocenters. The number of sulfonamides is 1. The lowest BCUT2D eigenvalue weighted by Gasteiger charge is -2.33. The molecule has 1 N–H and O–H groups in total. The molecule has 2 aromatic rings. The van der Waals surface area contributed by atoms with Gasteiger partial charge in [-0.25, -0.2) is 8.42 Å². The summed E-state index contributed by atoms with van der Waals surface area (Å²) >= 11 is 0. The van der Waals surface area contributed by atoms with Gasteiger partial charge in [0.05, 0.1) is 51.0 Å². The van der Waals surface area contributed by atoms with Crippen molar-refractivity contribution in [2.75, 3.05) is 40.0 Å². The lowest BCUT2D eigenvalue weighted by molar-refractivity contribution is -0.195. The maximum absolute atomic E-state index is 14.2. The third-order valence-electron chi connectivity index (χ3n) is 8.78. The summed E-state index contributed by atoms with van der Waals surface area (Å²) in [5, 5.41) is 11.7. The number of aliphatic hydroxyl groups excluding tert-OH is 1. The van der Waals surface area contributed by atoms with E-state index in [1.165, 1.54) is 17.5 Å². The van der Waals surface area contributed by atoms with Crippen LogP contribution in [0.3, 0.4) is 0 Å². The fourth-order valence-corrected chi connectivity index (χ4v) is 7.98. The van der Waals surface area contributed by atoms with Crippen LogP contribution in [-0.2, 0) is 46.8 Å². The van der Waals surface area contributed by atoms with Gasteiger partial charge in [-0.15, -0.1) is 0 Å². The van der Waals surface area contributed by atoms with Gasteiger partial charge in [-0.2, -0.15) is 4.31 Å². The summed E-state index contributed by atoms with van der Waals surface area (Å²) in [7, 11) is -2.51. The summed E-state index contributed by atoms with van der Waals surface area (Å²) in [6, 6.07) is 14.4. The van der Waals surface area contributed by atoms with Gasteiger partial charge in [0.2, 0.25) is 10.0 Å². The Morgan fingerprint density at radius 3 is 2.67 bits per heavy atom. The molecule has 3 heterocycles. The van der Waals surface area contributed by atoms with Crippen LogP contribution in [-0.4, -0.2) is 82.3 Å². The van der Waals surface area contributed by atoms with Crippen molar-refractivity contribution < 1.29 is 42.0 Å². The maximum atomic E-state index is 14.2. The molecule has 2 fully saturated rings. The van der Waals surface area contributed by atoms with Crippen LogP contribution in [0, 0.1) is 11.8 Å². The minimum absolute atomic E-state index is 0.00519. The van der Waals surface area contributed by atoms with Gasteiger partial charge in [0.1, 0.15) is 11.9 Å². The van der Waals surface area contributed by atoms with Gasteiger partial charge in [-0.05, 0) is 55.9 Å². The average molecular weight is 644 g/mol. The first-order valence-electron chi connectivity index (χ1n) is 15.9. The van der Waals surface area contributed by atoms with Crippen LogP contribution >= 0.6 is 0 Å². The van der Waals surface area contributed by atoms with Crippen molar-refractivity contribution in [3.05, 3.63) is 71.8 Å². The van der Waals surface area contributed by atoms with Gasteiger partial charge in [0.25, 0.3) is 0 Å². The molecule has 0 spiro atoms. The highest BCUT2D eigenvalue weighted by molar-refractivity contribution is 7.89. The first kappa shape index (κ1) is 33.6. The largest absolute Gasteiger partial charge is 0.497 e. The molecule has 5 atom stereocenters. The Morgan fingerprint density at radius 2 is 1.87 bits per heavy atom. The predicted molar refractivity (Wildman–Crippen MR) is 167 cm³/mol. The van der Waals surface area contributed by atoms with Crippen LogP contribution in [0.15, 0.2) is 65.6 Å². The number of methoxy groups -OCH3 is 1. The first-order chi connectivity index (χ1) is 21.8. The van der Waals surface area contributed by atoms with E-state index in [0.29, 0.717) is 50.4 Å². The zero-order chi connectivity index (χ0) is 31.6. The molecule has 2 saturated heterocycles. The number of hydrogen-bond acceptors (Lipinski definition) is 9. The fourth-order valence-electron chi connectivity index (χ4n) is 6.29. The van der Waals surface area contributed by atoms with Gasteiger partial charge < -0.3 is 28.8 Å². The molecule has 3 aliphatic rings. The molecule has 5 rings (SSSR count). The van der Waals surface area contributed by atoms with E-state index in [1.807, 2.05) is 42.5 Å². The number of allylic oxidation sites excluding steroid dienone is 1. The van der Waals surface area contributed by atoms with Crippen molar-refractivity contribution in [3.8, 4) is 5.75 Å². The summed E-state index contributed by atoms with van der Waals surface area (Å²) in [5.41, 5.74) is 1.43. The minimum Gasteiger partial charge on any atom is -0.497 e. The monoisotopic (exact) mass is 643 g/mol. The zero-order valence-electron chi connectivity index (χ0n) is 25.9. The fraction of sp³-hybridized carbons (Fsp3) is 0.559. The topological polar surface area (TPSA) is 121 Å². The van der Waals surface area contributed by atoms with Gasteiger partial charge in [0.15, 0.2) is 6.29 Å². The Hall–Kier alpha value is -2.80. The lowest BCUT2D eigenvalue weighted by atomic mass is 9.90. The highest BCUT2D eigenvalue weighted by Gasteiger charge is 2.41. The normalized spacial score (nSPS) is 26.1. The van der Waals surface area contributed by atoms with Crippen molar-refractivity contribution >= 4 is 16.0 Å². The molecule has 246 valence electrons. The molecule has 0 bridgehead atoms. The number of esters is 1. The highest BCUT2D eigenvalue weighted by atomic mass is 32.2. The second-order valence-electron chi connectivity index (χ2n) is 11.9. The molecule has 0 aromatic heterocycles. The second-order valence-corrected chi connectivity index (χ2v) is 13.8. The molecule has 0 amide bonds. The number of carbonyl (C=O) groups excluding carboxylic acids is 1. The summed E-state index contributed by atoms with van der Waals surface area (Å²) in [6.45, 7) is 1.56. The van der Waals surface area contributed by atoms with E-state index in [9.17, 15) is 18.3 Å². The zero-order valence-corrected chi connectivity index (χ0v) is 26.7. The van der Waals surface area contributed by atoms with Crippen molar-refractivity contribution in [1.29, 1.82) is 0 Å². The number of benzene rings is 2. The van der Waals surface area contributed by atoms with Gasteiger partial charge in [-0.3, -0.25) is 4.79 Å². The van der Waals surface area contributed by atoms with Gasteiger partial charge >= 0.3 is 5.97 Å². The molecule has 0 saturated carbocycles. The number of β-amino-alcohol motifs (C(OH)–C–C–N with tert-alkyl or cyclic N) is 1. The molecular formula is C34H45NO9S. The quantitative estimate of drug-likeness (QED) is 0.316.